The monoisotopic (exact) mass is 249 g/mol. The molecule has 18 heavy (non-hydrogen) atoms. The van der Waals surface area contributed by atoms with E-state index in [0.29, 0.717) is 6.61 Å². The minimum atomic E-state index is -0.234. The van der Waals surface area contributed by atoms with Crippen LogP contribution in [0.3, 0.4) is 0 Å². The van der Waals surface area contributed by atoms with Gasteiger partial charge in [0.1, 0.15) is 0 Å². The lowest BCUT2D eigenvalue weighted by Gasteiger charge is -2.37. The molecule has 1 aromatic rings. The molecule has 0 aromatic heterocycles. The normalized spacial score (nSPS) is 13.6. The van der Waals surface area contributed by atoms with Crippen LogP contribution in [-0.2, 0) is 11.2 Å². The summed E-state index contributed by atoms with van der Waals surface area (Å²) < 4.78 is 5.98. The summed E-state index contributed by atoms with van der Waals surface area (Å²) in [5, 5.41) is 0. The zero-order chi connectivity index (χ0) is 13.6. The van der Waals surface area contributed by atoms with Gasteiger partial charge in [-0.2, -0.15) is 0 Å². The van der Waals surface area contributed by atoms with E-state index in [4.69, 9.17) is 10.5 Å². The summed E-state index contributed by atoms with van der Waals surface area (Å²) in [6.07, 6.45) is 2.94. The van der Waals surface area contributed by atoms with Crippen LogP contribution in [0.2, 0.25) is 0 Å². The van der Waals surface area contributed by atoms with Crippen molar-refractivity contribution in [3.05, 3.63) is 35.4 Å². The SMILES string of the molecule is CCOC(CC)(CC)C(N)c1ccc(CC)cc1. The Labute approximate surface area is 112 Å². The van der Waals surface area contributed by atoms with Crippen LogP contribution in [0.1, 0.15) is 57.7 Å². The van der Waals surface area contributed by atoms with Crippen molar-refractivity contribution >= 4 is 0 Å². The zero-order valence-electron chi connectivity index (χ0n) is 12.2. The third kappa shape index (κ3) is 3.12. The Balaban J connectivity index is 2.97. The molecule has 1 unspecified atom stereocenters. The largest absolute Gasteiger partial charge is 0.373 e. The maximum atomic E-state index is 6.45. The number of nitrogens with two attached hydrogens (primary N) is 1. The molecule has 0 saturated carbocycles. The molecule has 1 aromatic carbocycles. The van der Waals surface area contributed by atoms with Gasteiger partial charge < -0.3 is 10.5 Å². The highest BCUT2D eigenvalue weighted by molar-refractivity contribution is 5.27. The summed E-state index contributed by atoms with van der Waals surface area (Å²) in [5.74, 6) is 0. The Morgan fingerprint density at radius 2 is 1.61 bits per heavy atom. The number of ether oxygens (including phenoxy) is 1. The van der Waals surface area contributed by atoms with Crippen LogP contribution in [-0.4, -0.2) is 12.2 Å². The van der Waals surface area contributed by atoms with Crippen molar-refractivity contribution in [3.8, 4) is 0 Å². The first kappa shape index (κ1) is 15.2. The van der Waals surface area contributed by atoms with E-state index in [1.807, 2.05) is 6.92 Å². The summed E-state index contributed by atoms with van der Waals surface area (Å²) in [4.78, 5) is 0. The van der Waals surface area contributed by atoms with Gasteiger partial charge in [-0.1, -0.05) is 45.0 Å². The predicted octanol–water partition coefficient (Wildman–Crippen LogP) is 3.84. The molecule has 2 heteroatoms. The number of aryl methyl sites for hydroxylation is 1. The molecule has 2 N–H and O–H groups in total. The molecular weight excluding hydrogens is 222 g/mol. The van der Waals surface area contributed by atoms with Gasteiger partial charge >= 0.3 is 0 Å². The van der Waals surface area contributed by atoms with Gasteiger partial charge in [0.05, 0.1) is 11.6 Å². The fourth-order valence-electron chi connectivity index (χ4n) is 2.54. The molecule has 0 aliphatic carbocycles. The van der Waals surface area contributed by atoms with Gasteiger partial charge in [-0.3, -0.25) is 0 Å². The second-order valence-electron chi connectivity index (χ2n) is 4.78. The van der Waals surface area contributed by atoms with E-state index in [2.05, 4.69) is 45.0 Å². The Morgan fingerprint density at radius 3 is 2.00 bits per heavy atom. The average Bonchev–Trinajstić information content (AvgIpc) is 2.44. The van der Waals surface area contributed by atoms with Crippen LogP contribution in [0.15, 0.2) is 24.3 Å². The van der Waals surface area contributed by atoms with Crippen LogP contribution in [0, 0.1) is 0 Å². The molecule has 0 spiro atoms. The van der Waals surface area contributed by atoms with Gasteiger partial charge in [0, 0.05) is 6.61 Å². The van der Waals surface area contributed by atoms with Gasteiger partial charge in [0.25, 0.3) is 0 Å². The van der Waals surface area contributed by atoms with E-state index in [1.165, 1.54) is 11.1 Å². The fraction of sp³-hybridized carbons (Fsp3) is 0.625. The number of benzene rings is 1. The molecule has 0 fully saturated rings. The van der Waals surface area contributed by atoms with E-state index in [9.17, 15) is 0 Å². The van der Waals surface area contributed by atoms with E-state index in [1.54, 1.807) is 0 Å². The van der Waals surface area contributed by atoms with Crippen molar-refractivity contribution in [2.45, 2.75) is 58.6 Å². The number of hydrogen-bond acceptors (Lipinski definition) is 2. The van der Waals surface area contributed by atoms with Gasteiger partial charge in [-0.05, 0) is 37.3 Å². The highest BCUT2D eigenvalue weighted by Gasteiger charge is 2.34. The van der Waals surface area contributed by atoms with Crippen molar-refractivity contribution in [2.24, 2.45) is 5.73 Å². The summed E-state index contributed by atoms with van der Waals surface area (Å²) in [7, 11) is 0. The molecule has 1 atom stereocenters. The summed E-state index contributed by atoms with van der Waals surface area (Å²) in [5.41, 5.74) is 8.73. The molecule has 0 amide bonds. The van der Waals surface area contributed by atoms with Crippen molar-refractivity contribution in [3.63, 3.8) is 0 Å². The summed E-state index contributed by atoms with van der Waals surface area (Å²) in [6, 6.07) is 8.55. The first-order chi connectivity index (χ1) is 8.63. The van der Waals surface area contributed by atoms with Crippen LogP contribution >= 0.6 is 0 Å². The fourth-order valence-corrected chi connectivity index (χ4v) is 2.54. The van der Waals surface area contributed by atoms with Gasteiger partial charge in [-0.25, -0.2) is 0 Å². The third-order valence-electron chi connectivity index (χ3n) is 3.94. The highest BCUT2D eigenvalue weighted by atomic mass is 16.5. The van der Waals surface area contributed by atoms with Gasteiger partial charge in [-0.15, -0.1) is 0 Å². The second-order valence-corrected chi connectivity index (χ2v) is 4.78. The predicted molar refractivity (Wildman–Crippen MR) is 77.7 cm³/mol. The Kier molecular flexibility index (Phi) is 5.83. The minimum Gasteiger partial charge on any atom is -0.373 e. The smallest absolute Gasteiger partial charge is 0.0868 e. The molecule has 2 nitrogen and oxygen atoms in total. The lowest BCUT2D eigenvalue weighted by Crippen LogP contribution is -2.43. The molecule has 0 aliphatic rings. The van der Waals surface area contributed by atoms with Crippen molar-refractivity contribution < 1.29 is 4.74 Å². The summed E-state index contributed by atoms with van der Waals surface area (Å²) in [6.45, 7) is 9.21. The lowest BCUT2D eigenvalue weighted by atomic mass is 9.84. The Hall–Kier alpha value is -0.860. The van der Waals surface area contributed by atoms with Crippen LogP contribution in [0.4, 0.5) is 0 Å². The van der Waals surface area contributed by atoms with E-state index >= 15 is 0 Å². The third-order valence-corrected chi connectivity index (χ3v) is 3.94. The van der Waals surface area contributed by atoms with Crippen molar-refractivity contribution in [1.29, 1.82) is 0 Å². The standard InChI is InChI=1S/C16H27NO/c1-5-13-9-11-14(12-10-13)15(17)16(6-2,7-3)18-8-4/h9-12,15H,5-8,17H2,1-4H3. The van der Waals surface area contributed by atoms with Crippen molar-refractivity contribution in [2.75, 3.05) is 6.61 Å². The van der Waals surface area contributed by atoms with Gasteiger partial charge in [0.2, 0.25) is 0 Å². The highest BCUT2D eigenvalue weighted by Crippen LogP contribution is 2.33. The Bertz CT molecular complexity index is 341. The zero-order valence-corrected chi connectivity index (χ0v) is 12.2. The molecule has 0 aliphatic heterocycles. The molecule has 0 saturated heterocycles. The number of hydrogen-bond donors (Lipinski definition) is 1. The Morgan fingerprint density at radius 1 is 1.06 bits per heavy atom. The van der Waals surface area contributed by atoms with E-state index in [0.717, 1.165) is 19.3 Å². The maximum Gasteiger partial charge on any atom is 0.0868 e. The molecule has 102 valence electrons. The molecule has 0 bridgehead atoms. The quantitative estimate of drug-likeness (QED) is 0.796. The first-order valence-corrected chi connectivity index (χ1v) is 7.11. The topological polar surface area (TPSA) is 35.2 Å². The van der Waals surface area contributed by atoms with Crippen LogP contribution < -0.4 is 5.73 Å². The average molecular weight is 249 g/mol. The molecule has 0 heterocycles. The van der Waals surface area contributed by atoms with Crippen molar-refractivity contribution in [1.82, 2.24) is 0 Å². The second kappa shape index (κ2) is 6.91. The molecule has 0 radical (unpaired) electrons. The lowest BCUT2D eigenvalue weighted by molar-refractivity contribution is -0.0645. The minimum absolute atomic E-state index is 0.0571. The molecular formula is C16H27NO. The summed E-state index contributed by atoms with van der Waals surface area (Å²) >= 11 is 0. The van der Waals surface area contributed by atoms with Crippen LogP contribution in [0.5, 0.6) is 0 Å². The number of rotatable bonds is 7. The van der Waals surface area contributed by atoms with E-state index < -0.39 is 0 Å². The van der Waals surface area contributed by atoms with Gasteiger partial charge in [0.15, 0.2) is 0 Å². The van der Waals surface area contributed by atoms with Crippen LogP contribution in [0.25, 0.3) is 0 Å². The maximum absolute atomic E-state index is 6.45. The first-order valence-electron chi connectivity index (χ1n) is 7.11. The van der Waals surface area contributed by atoms with E-state index in [-0.39, 0.29) is 11.6 Å². The molecule has 1 rings (SSSR count).